The molecule has 1 atom stereocenters. The topological polar surface area (TPSA) is 68.7 Å². The van der Waals surface area contributed by atoms with E-state index < -0.39 is 5.41 Å². The molecule has 1 aliphatic heterocycles. The number of ether oxygens (including phenoxy) is 2. The number of hydrogen-bond acceptors (Lipinski definition) is 6. The van der Waals surface area contributed by atoms with E-state index in [1.54, 1.807) is 25.1 Å². The molecule has 0 radical (unpaired) electrons. The van der Waals surface area contributed by atoms with Crippen molar-refractivity contribution in [2.75, 3.05) is 33.4 Å². The molecule has 1 aromatic heterocycles. The van der Waals surface area contributed by atoms with Crippen molar-refractivity contribution < 1.29 is 19.1 Å². The van der Waals surface area contributed by atoms with Gasteiger partial charge in [-0.1, -0.05) is 13.8 Å². The second-order valence-corrected chi connectivity index (χ2v) is 7.54. The Morgan fingerprint density at radius 3 is 2.79 bits per heavy atom. The molecule has 6 nitrogen and oxygen atoms in total. The van der Waals surface area contributed by atoms with Crippen molar-refractivity contribution in [2.24, 2.45) is 5.41 Å². The SMILES string of the molecule is CCOC(=O)[C@@]1(COC)CCCN(C(=O)c2cnc(C(C)C)s2)C1. The lowest BCUT2D eigenvalue weighted by Gasteiger charge is -2.40. The van der Waals surface area contributed by atoms with Crippen LogP contribution in [0.5, 0.6) is 0 Å². The molecule has 0 aliphatic carbocycles. The smallest absolute Gasteiger partial charge is 0.316 e. The first-order valence-corrected chi connectivity index (χ1v) is 9.16. The van der Waals surface area contributed by atoms with Gasteiger partial charge < -0.3 is 14.4 Å². The van der Waals surface area contributed by atoms with E-state index in [1.807, 2.05) is 0 Å². The van der Waals surface area contributed by atoms with Gasteiger partial charge in [0.2, 0.25) is 0 Å². The molecule has 134 valence electrons. The Hall–Kier alpha value is -1.47. The molecule has 2 heterocycles. The highest BCUT2D eigenvalue weighted by Gasteiger charge is 2.45. The van der Waals surface area contributed by atoms with Crippen LogP contribution in [-0.4, -0.2) is 55.2 Å². The van der Waals surface area contributed by atoms with E-state index in [9.17, 15) is 9.59 Å². The Bertz CT molecular complexity index is 583. The zero-order chi connectivity index (χ0) is 17.7. The van der Waals surface area contributed by atoms with Crippen LogP contribution in [-0.2, 0) is 14.3 Å². The van der Waals surface area contributed by atoms with Crippen LogP contribution in [0.1, 0.15) is 54.2 Å². The molecule has 24 heavy (non-hydrogen) atoms. The molecule has 0 unspecified atom stereocenters. The third kappa shape index (κ3) is 3.95. The number of likely N-dealkylation sites (tertiary alicyclic amines) is 1. The highest BCUT2D eigenvalue weighted by Crippen LogP contribution is 2.33. The maximum atomic E-state index is 12.8. The van der Waals surface area contributed by atoms with E-state index in [4.69, 9.17) is 9.47 Å². The average Bonchev–Trinajstić information content (AvgIpc) is 3.05. The van der Waals surface area contributed by atoms with Crippen molar-refractivity contribution >= 4 is 23.2 Å². The summed E-state index contributed by atoms with van der Waals surface area (Å²) < 4.78 is 10.5. The molecular weight excluding hydrogens is 328 g/mol. The van der Waals surface area contributed by atoms with Gasteiger partial charge in [-0.05, 0) is 19.8 Å². The Labute approximate surface area is 147 Å². The average molecular weight is 354 g/mol. The molecule has 1 fully saturated rings. The lowest BCUT2D eigenvalue weighted by Crippen LogP contribution is -2.52. The van der Waals surface area contributed by atoms with Crippen LogP contribution < -0.4 is 0 Å². The lowest BCUT2D eigenvalue weighted by molar-refractivity contribution is -0.162. The molecule has 2 rings (SSSR count). The van der Waals surface area contributed by atoms with Gasteiger partial charge in [0.05, 0.1) is 24.4 Å². The zero-order valence-corrected chi connectivity index (χ0v) is 15.6. The molecule has 1 aliphatic rings. The van der Waals surface area contributed by atoms with E-state index in [2.05, 4.69) is 18.8 Å². The van der Waals surface area contributed by atoms with E-state index >= 15 is 0 Å². The first kappa shape index (κ1) is 18.9. The summed E-state index contributed by atoms with van der Waals surface area (Å²) in [6, 6.07) is 0. The summed E-state index contributed by atoms with van der Waals surface area (Å²) in [4.78, 5) is 31.9. The maximum Gasteiger partial charge on any atom is 0.316 e. The number of piperidine rings is 1. The van der Waals surface area contributed by atoms with E-state index in [1.165, 1.54) is 11.3 Å². The summed E-state index contributed by atoms with van der Waals surface area (Å²) in [6.07, 6.45) is 3.06. The summed E-state index contributed by atoms with van der Waals surface area (Å²) in [5.74, 6) is -0.0505. The standard InChI is InChI=1S/C17H26N2O4S/c1-5-23-16(21)17(11-22-4)7-6-8-19(10-17)15(20)13-9-18-14(24-13)12(2)3/h9,12H,5-8,10-11H2,1-4H3/t17-/m0/s1. The summed E-state index contributed by atoms with van der Waals surface area (Å²) >= 11 is 1.43. The van der Waals surface area contributed by atoms with Gasteiger partial charge in [-0.15, -0.1) is 11.3 Å². The molecule has 0 spiro atoms. The van der Waals surface area contributed by atoms with E-state index in [0.717, 1.165) is 11.4 Å². The van der Waals surface area contributed by atoms with E-state index in [0.29, 0.717) is 36.9 Å². The largest absolute Gasteiger partial charge is 0.465 e. The molecule has 1 aromatic rings. The number of thiazole rings is 1. The van der Waals surface area contributed by atoms with Crippen LogP contribution in [0.4, 0.5) is 0 Å². The molecule has 0 saturated carbocycles. The second kappa shape index (κ2) is 8.07. The van der Waals surface area contributed by atoms with Crippen molar-refractivity contribution in [3.63, 3.8) is 0 Å². The van der Waals surface area contributed by atoms with Crippen molar-refractivity contribution in [1.82, 2.24) is 9.88 Å². The number of hydrogen-bond donors (Lipinski definition) is 0. The van der Waals surface area contributed by atoms with Gasteiger partial charge >= 0.3 is 5.97 Å². The number of methoxy groups -OCH3 is 1. The third-order valence-electron chi connectivity index (χ3n) is 4.22. The molecule has 1 amide bonds. The normalized spacial score (nSPS) is 21.1. The fraction of sp³-hybridized carbons (Fsp3) is 0.706. The highest BCUT2D eigenvalue weighted by molar-refractivity contribution is 7.13. The number of amides is 1. The minimum atomic E-state index is -0.774. The molecule has 7 heteroatoms. The fourth-order valence-electron chi connectivity index (χ4n) is 3.02. The van der Waals surface area contributed by atoms with Gasteiger partial charge in [0.1, 0.15) is 10.3 Å². The lowest BCUT2D eigenvalue weighted by atomic mass is 9.80. The van der Waals surface area contributed by atoms with Crippen LogP contribution in [0.2, 0.25) is 0 Å². The first-order chi connectivity index (χ1) is 11.4. The minimum Gasteiger partial charge on any atom is -0.465 e. The Balaban J connectivity index is 2.17. The summed E-state index contributed by atoms with van der Waals surface area (Å²) in [6.45, 7) is 7.44. The second-order valence-electron chi connectivity index (χ2n) is 6.48. The van der Waals surface area contributed by atoms with Crippen LogP contribution in [0.15, 0.2) is 6.20 Å². The molecule has 0 N–H and O–H groups in total. The van der Waals surface area contributed by atoms with Gasteiger partial charge in [0.15, 0.2) is 0 Å². The van der Waals surface area contributed by atoms with Crippen LogP contribution in [0.25, 0.3) is 0 Å². The zero-order valence-electron chi connectivity index (χ0n) is 14.8. The predicted molar refractivity (Wildman–Crippen MR) is 92.3 cm³/mol. The predicted octanol–water partition coefficient (Wildman–Crippen LogP) is 2.70. The highest BCUT2D eigenvalue weighted by atomic mass is 32.1. The number of rotatable bonds is 6. The van der Waals surface area contributed by atoms with Crippen molar-refractivity contribution in [2.45, 2.75) is 39.5 Å². The first-order valence-electron chi connectivity index (χ1n) is 8.34. The van der Waals surface area contributed by atoms with Gasteiger partial charge in [-0.2, -0.15) is 0 Å². The summed E-state index contributed by atoms with van der Waals surface area (Å²) in [5, 5.41) is 0.948. The molecule has 0 bridgehead atoms. The van der Waals surface area contributed by atoms with Crippen LogP contribution in [0, 0.1) is 5.41 Å². The Morgan fingerprint density at radius 2 is 2.21 bits per heavy atom. The van der Waals surface area contributed by atoms with E-state index in [-0.39, 0.29) is 18.5 Å². The Kier molecular flexibility index (Phi) is 6.34. The molecule has 1 saturated heterocycles. The van der Waals surface area contributed by atoms with Crippen molar-refractivity contribution in [3.05, 3.63) is 16.1 Å². The number of carbonyl (C=O) groups excluding carboxylic acids is 2. The van der Waals surface area contributed by atoms with Gasteiger partial charge in [-0.25, -0.2) is 4.98 Å². The summed E-state index contributed by atoms with van der Waals surface area (Å²) in [7, 11) is 1.57. The number of aromatic nitrogens is 1. The van der Waals surface area contributed by atoms with Crippen molar-refractivity contribution in [1.29, 1.82) is 0 Å². The van der Waals surface area contributed by atoms with Crippen molar-refractivity contribution in [3.8, 4) is 0 Å². The number of carbonyl (C=O) groups is 2. The third-order valence-corrected chi connectivity index (χ3v) is 5.51. The molecule has 0 aromatic carbocycles. The van der Waals surface area contributed by atoms with Gasteiger partial charge in [0.25, 0.3) is 5.91 Å². The Morgan fingerprint density at radius 1 is 1.46 bits per heavy atom. The number of esters is 1. The van der Waals surface area contributed by atoms with Gasteiger partial charge in [0, 0.05) is 26.1 Å². The summed E-state index contributed by atoms with van der Waals surface area (Å²) in [5.41, 5.74) is -0.774. The monoisotopic (exact) mass is 354 g/mol. The maximum absolute atomic E-state index is 12.8. The van der Waals surface area contributed by atoms with Crippen LogP contribution >= 0.6 is 11.3 Å². The fourth-order valence-corrected chi connectivity index (χ4v) is 3.91. The molecular formula is C17H26N2O4S. The van der Waals surface area contributed by atoms with Crippen LogP contribution in [0.3, 0.4) is 0 Å². The van der Waals surface area contributed by atoms with Gasteiger partial charge in [-0.3, -0.25) is 9.59 Å². The minimum absolute atomic E-state index is 0.0659. The quantitative estimate of drug-likeness (QED) is 0.735. The number of nitrogens with zero attached hydrogens (tertiary/aromatic N) is 2.